The molecule has 0 amide bonds. The molecule has 0 heterocycles. The zero-order valence-electron chi connectivity index (χ0n) is 6.06. The Bertz CT molecular complexity index is 71.3. The average Bonchev–Trinajstić information content (AvgIpc) is 1.88. The Morgan fingerprint density at radius 2 is 2.44 bits per heavy atom. The second-order valence-corrected chi connectivity index (χ2v) is 2.01. The Balaban J connectivity index is 3.28. The predicted octanol–water partition coefficient (Wildman–Crippen LogP) is 0.499. The second-order valence-electron chi connectivity index (χ2n) is 2.01. The van der Waals surface area contributed by atoms with Crippen molar-refractivity contribution in [2.45, 2.75) is 19.4 Å². The molecule has 0 aliphatic rings. The Hall–Kier alpha value is -0.340. The maximum atomic E-state index is 5.43. The van der Waals surface area contributed by atoms with Crippen LogP contribution >= 0.6 is 0 Å². The van der Waals surface area contributed by atoms with Crippen LogP contribution in [0.3, 0.4) is 0 Å². The minimum atomic E-state index is 0.424. The average molecular weight is 128 g/mol. The van der Waals surface area contributed by atoms with E-state index in [0.29, 0.717) is 12.6 Å². The molecule has 54 valence electrons. The second kappa shape index (κ2) is 5.79. The standard InChI is InChI=1S/C7H16N2/c1-3-5-7(6-8)9-4-2/h3,7,9H,1,4-6,8H2,2H3. The van der Waals surface area contributed by atoms with Gasteiger partial charge in [0.2, 0.25) is 0 Å². The monoisotopic (exact) mass is 128 g/mol. The summed E-state index contributed by atoms with van der Waals surface area (Å²) in [6, 6.07) is 0.424. The van der Waals surface area contributed by atoms with Crippen LogP contribution in [0.4, 0.5) is 0 Å². The van der Waals surface area contributed by atoms with Crippen molar-refractivity contribution in [3.63, 3.8) is 0 Å². The summed E-state index contributed by atoms with van der Waals surface area (Å²) in [5.74, 6) is 0. The molecule has 2 nitrogen and oxygen atoms in total. The first-order valence-electron chi connectivity index (χ1n) is 3.39. The molecule has 0 rings (SSSR count). The summed E-state index contributed by atoms with van der Waals surface area (Å²) >= 11 is 0. The number of nitrogens with two attached hydrogens (primary N) is 1. The summed E-state index contributed by atoms with van der Waals surface area (Å²) in [7, 11) is 0. The summed E-state index contributed by atoms with van der Waals surface area (Å²) in [6.07, 6.45) is 2.85. The molecular formula is C7H16N2. The molecule has 0 spiro atoms. The molecule has 0 fully saturated rings. The molecular weight excluding hydrogens is 112 g/mol. The molecule has 0 aliphatic carbocycles. The Morgan fingerprint density at radius 1 is 1.78 bits per heavy atom. The molecule has 1 unspecified atom stereocenters. The van der Waals surface area contributed by atoms with E-state index in [1.165, 1.54) is 0 Å². The van der Waals surface area contributed by atoms with Gasteiger partial charge in [-0.15, -0.1) is 6.58 Å². The van der Waals surface area contributed by atoms with Crippen molar-refractivity contribution in [1.29, 1.82) is 0 Å². The molecule has 0 aromatic heterocycles. The van der Waals surface area contributed by atoms with E-state index in [9.17, 15) is 0 Å². The molecule has 0 aromatic rings. The summed E-state index contributed by atoms with van der Waals surface area (Å²) in [5, 5.41) is 3.24. The normalized spacial score (nSPS) is 13.1. The molecule has 0 aromatic carbocycles. The van der Waals surface area contributed by atoms with Crippen molar-refractivity contribution in [2.75, 3.05) is 13.1 Å². The van der Waals surface area contributed by atoms with Gasteiger partial charge in [0.05, 0.1) is 0 Å². The van der Waals surface area contributed by atoms with Crippen LogP contribution < -0.4 is 11.1 Å². The van der Waals surface area contributed by atoms with E-state index in [0.717, 1.165) is 13.0 Å². The fourth-order valence-electron chi connectivity index (χ4n) is 0.753. The van der Waals surface area contributed by atoms with Crippen LogP contribution in [-0.2, 0) is 0 Å². The first kappa shape index (κ1) is 8.66. The highest BCUT2D eigenvalue weighted by Crippen LogP contribution is 1.88. The molecule has 3 N–H and O–H groups in total. The van der Waals surface area contributed by atoms with Crippen molar-refractivity contribution < 1.29 is 0 Å². The van der Waals surface area contributed by atoms with Crippen molar-refractivity contribution in [3.8, 4) is 0 Å². The Kier molecular flexibility index (Phi) is 5.57. The fourth-order valence-corrected chi connectivity index (χ4v) is 0.753. The predicted molar refractivity (Wildman–Crippen MR) is 41.3 cm³/mol. The number of hydrogen-bond donors (Lipinski definition) is 2. The summed E-state index contributed by atoms with van der Waals surface area (Å²) in [5.41, 5.74) is 5.43. The van der Waals surface area contributed by atoms with Crippen LogP contribution in [0.2, 0.25) is 0 Å². The lowest BCUT2D eigenvalue weighted by molar-refractivity contribution is 0.541. The van der Waals surface area contributed by atoms with Crippen LogP contribution in [0, 0.1) is 0 Å². The molecule has 2 heteroatoms. The van der Waals surface area contributed by atoms with E-state index in [1.807, 2.05) is 6.08 Å². The van der Waals surface area contributed by atoms with Gasteiger partial charge in [-0.1, -0.05) is 13.0 Å². The molecule has 0 aliphatic heterocycles. The van der Waals surface area contributed by atoms with Gasteiger partial charge in [-0.2, -0.15) is 0 Å². The molecule has 0 radical (unpaired) electrons. The zero-order valence-corrected chi connectivity index (χ0v) is 6.06. The molecule has 0 saturated heterocycles. The Morgan fingerprint density at radius 3 is 2.78 bits per heavy atom. The Labute approximate surface area is 57.1 Å². The van der Waals surface area contributed by atoms with E-state index in [2.05, 4.69) is 18.8 Å². The number of rotatable bonds is 5. The number of hydrogen-bond acceptors (Lipinski definition) is 2. The summed E-state index contributed by atoms with van der Waals surface area (Å²) in [6.45, 7) is 7.39. The van der Waals surface area contributed by atoms with Crippen molar-refractivity contribution in [3.05, 3.63) is 12.7 Å². The van der Waals surface area contributed by atoms with Crippen molar-refractivity contribution in [2.24, 2.45) is 5.73 Å². The first-order chi connectivity index (χ1) is 4.35. The minimum absolute atomic E-state index is 0.424. The smallest absolute Gasteiger partial charge is 0.0224 e. The van der Waals surface area contributed by atoms with Crippen LogP contribution in [0.15, 0.2) is 12.7 Å². The first-order valence-corrected chi connectivity index (χ1v) is 3.39. The largest absolute Gasteiger partial charge is 0.329 e. The van der Waals surface area contributed by atoms with Gasteiger partial charge in [-0.3, -0.25) is 0 Å². The van der Waals surface area contributed by atoms with E-state index in [-0.39, 0.29) is 0 Å². The highest BCUT2D eigenvalue weighted by Gasteiger charge is 1.98. The summed E-state index contributed by atoms with van der Waals surface area (Å²) in [4.78, 5) is 0. The topological polar surface area (TPSA) is 38.0 Å². The lowest BCUT2D eigenvalue weighted by atomic mass is 10.2. The van der Waals surface area contributed by atoms with E-state index in [4.69, 9.17) is 5.73 Å². The quantitative estimate of drug-likeness (QED) is 0.529. The lowest BCUT2D eigenvalue weighted by Crippen LogP contribution is -2.35. The van der Waals surface area contributed by atoms with Crippen LogP contribution in [0.5, 0.6) is 0 Å². The van der Waals surface area contributed by atoms with Crippen molar-refractivity contribution >= 4 is 0 Å². The highest BCUT2D eigenvalue weighted by atomic mass is 14.9. The van der Waals surface area contributed by atoms with Gasteiger partial charge in [-0.05, 0) is 13.0 Å². The van der Waals surface area contributed by atoms with Gasteiger partial charge >= 0.3 is 0 Å². The third-order valence-electron chi connectivity index (χ3n) is 1.23. The van der Waals surface area contributed by atoms with E-state index in [1.54, 1.807) is 0 Å². The highest BCUT2D eigenvalue weighted by molar-refractivity contribution is 4.77. The minimum Gasteiger partial charge on any atom is -0.329 e. The molecule has 0 bridgehead atoms. The summed E-state index contributed by atoms with van der Waals surface area (Å²) < 4.78 is 0. The van der Waals surface area contributed by atoms with Gasteiger partial charge in [0, 0.05) is 12.6 Å². The van der Waals surface area contributed by atoms with E-state index < -0.39 is 0 Å². The lowest BCUT2D eigenvalue weighted by Gasteiger charge is -2.11. The maximum absolute atomic E-state index is 5.43. The van der Waals surface area contributed by atoms with Crippen LogP contribution in [0.25, 0.3) is 0 Å². The maximum Gasteiger partial charge on any atom is 0.0224 e. The van der Waals surface area contributed by atoms with Crippen molar-refractivity contribution in [1.82, 2.24) is 5.32 Å². The van der Waals surface area contributed by atoms with Gasteiger partial charge in [0.25, 0.3) is 0 Å². The van der Waals surface area contributed by atoms with Gasteiger partial charge in [0.1, 0.15) is 0 Å². The SMILES string of the molecule is C=CCC(CN)NCC. The van der Waals surface area contributed by atoms with Crippen LogP contribution in [0.1, 0.15) is 13.3 Å². The fraction of sp³-hybridized carbons (Fsp3) is 0.714. The van der Waals surface area contributed by atoms with Gasteiger partial charge in [-0.25, -0.2) is 0 Å². The van der Waals surface area contributed by atoms with Gasteiger partial charge < -0.3 is 11.1 Å². The molecule has 0 saturated carbocycles. The van der Waals surface area contributed by atoms with E-state index >= 15 is 0 Å². The third kappa shape index (κ3) is 4.18. The van der Waals surface area contributed by atoms with Crippen LogP contribution in [-0.4, -0.2) is 19.1 Å². The third-order valence-corrected chi connectivity index (χ3v) is 1.23. The van der Waals surface area contributed by atoms with Gasteiger partial charge in [0.15, 0.2) is 0 Å². The molecule has 9 heavy (non-hydrogen) atoms. The number of likely N-dealkylation sites (N-methyl/N-ethyl adjacent to an activating group) is 1. The number of nitrogens with one attached hydrogen (secondary N) is 1. The zero-order chi connectivity index (χ0) is 7.11. The molecule has 1 atom stereocenters.